The SMILES string of the molecule is CCCCC(C(=O)O)c1ccc(CCCCC(=O)O)cc1. The standard InChI is InChI=1S/C17H24O4/c1-2-3-7-15(17(20)21)14-11-9-13(10-12-14)6-4-5-8-16(18)19/h9-12,15H,2-8H2,1H3,(H,18,19)(H,20,21). The molecule has 0 bridgehead atoms. The van der Waals surface area contributed by atoms with Crippen LogP contribution >= 0.6 is 0 Å². The lowest BCUT2D eigenvalue weighted by atomic mass is 9.92. The number of aryl methyl sites for hydroxylation is 1. The fourth-order valence-electron chi connectivity index (χ4n) is 2.36. The lowest BCUT2D eigenvalue weighted by Crippen LogP contribution is -2.11. The smallest absolute Gasteiger partial charge is 0.310 e. The van der Waals surface area contributed by atoms with E-state index in [0.29, 0.717) is 12.8 Å². The molecule has 2 N–H and O–H groups in total. The molecule has 116 valence electrons. The predicted octanol–water partition coefficient (Wildman–Crippen LogP) is 3.84. The van der Waals surface area contributed by atoms with E-state index in [1.807, 2.05) is 24.3 Å². The summed E-state index contributed by atoms with van der Waals surface area (Å²) in [4.78, 5) is 21.7. The maximum atomic E-state index is 11.3. The van der Waals surface area contributed by atoms with E-state index in [2.05, 4.69) is 6.92 Å². The molecule has 1 unspecified atom stereocenters. The van der Waals surface area contributed by atoms with E-state index in [9.17, 15) is 14.7 Å². The van der Waals surface area contributed by atoms with Crippen molar-refractivity contribution in [1.82, 2.24) is 0 Å². The zero-order chi connectivity index (χ0) is 15.7. The molecule has 0 heterocycles. The third-order valence-corrected chi connectivity index (χ3v) is 3.63. The largest absolute Gasteiger partial charge is 0.481 e. The summed E-state index contributed by atoms with van der Waals surface area (Å²) in [5.74, 6) is -1.95. The summed E-state index contributed by atoms with van der Waals surface area (Å²) >= 11 is 0. The van der Waals surface area contributed by atoms with Gasteiger partial charge in [0.25, 0.3) is 0 Å². The lowest BCUT2D eigenvalue weighted by Gasteiger charge is -2.12. The number of carbonyl (C=O) groups is 2. The molecule has 1 aromatic carbocycles. The molecule has 1 aromatic rings. The Labute approximate surface area is 125 Å². The Balaban J connectivity index is 2.54. The van der Waals surface area contributed by atoms with Gasteiger partial charge in [0.1, 0.15) is 0 Å². The van der Waals surface area contributed by atoms with Crippen molar-refractivity contribution in [3.8, 4) is 0 Å². The van der Waals surface area contributed by atoms with Gasteiger partial charge in [-0.1, -0.05) is 44.0 Å². The molecular formula is C17H24O4. The van der Waals surface area contributed by atoms with E-state index < -0.39 is 17.9 Å². The van der Waals surface area contributed by atoms with Crippen LogP contribution in [0, 0.1) is 0 Å². The number of carboxylic acid groups (broad SMARTS) is 2. The van der Waals surface area contributed by atoms with Gasteiger partial charge in [0.2, 0.25) is 0 Å². The van der Waals surface area contributed by atoms with Crippen molar-refractivity contribution in [3.05, 3.63) is 35.4 Å². The molecule has 0 aliphatic rings. The van der Waals surface area contributed by atoms with E-state index >= 15 is 0 Å². The third-order valence-electron chi connectivity index (χ3n) is 3.63. The van der Waals surface area contributed by atoms with Crippen LogP contribution in [-0.4, -0.2) is 22.2 Å². The van der Waals surface area contributed by atoms with E-state index in [1.165, 1.54) is 0 Å². The van der Waals surface area contributed by atoms with Gasteiger partial charge >= 0.3 is 11.9 Å². The summed E-state index contributed by atoms with van der Waals surface area (Å²) in [6, 6.07) is 7.69. The van der Waals surface area contributed by atoms with E-state index in [4.69, 9.17) is 5.11 Å². The first-order chi connectivity index (χ1) is 10.0. The number of carboxylic acids is 2. The second-order valence-corrected chi connectivity index (χ2v) is 5.38. The Morgan fingerprint density at radius 1 is 1.05 bits per heavy atom. The number of benzene rings is 1. The van der Waals surface area contributed by atoms with Crippen LogP contribution in [0.4, 0.5) is 0 Å². The average molecular weight is 292 g/mol. The van der Waals surface area contributed by atoms with Gasteiger partial charge in [-0.2, -0.15) is 0 Å². The summed E-state index contributed by atoms with van der Waals surface area (Å²) < 4.78 is 0. The van der Waals surface area contributed by atoms with Gasteiger partial charge in [-0.15, -0.1) is 0 Å². The lowest BCUT2D eigenvalue weighted by molar-refractivity contribution is -0.139. The van der Waals surface area contributed by atoms with E-state index in [-0.39, 0.29) is 6.42 Å². The van der Waals surface area contributed by atoms with Crippen molar-refractivity contribution in [2.24, 2.45) is 0 Å². The normalized spacial score (nSPS) is 12.0. The molecule has 0 aromatic heterocycles. The fraction of sp³-hybridized carbons (Fsp3) is 0.529. The highest BCUT2D eigenvalue weighted by Crippen LogP contribution is 2.23. The molecule has 0 radical (unpaired) electrons. The molecule has 0 amide bonds. The van der Waals surface area contributed by atoms with Gasteiger partial charge < -0.3 is 10.2 Å². The number of rotatable bonds is 10. The Hall–Kier alpha value is -1.84. The van der Waals surface area contributed by atoms with Crippen LogP contribution in [0.3, 0.4) is 0 Å². The van der Waals surface area contributed by atoms with Crippen LogP contribution in [0.2, 0.25) is 0 Å². The highest BCUT2D eigenvalue weighted by atomic mass is 16.4. The third kappa shape index (κ3) is 6.43. The Bertz CT molecular complexity index is 450. The van der Waals surface area contributed by atoms with Crippen LogP contribution in [0.1, 0.15) is 62.5 Å². The van der Waals surface area contributed by atoms with Crippen molar-refractivity contribution < 1.29 is 19.8 Å². The van der Waals surface area contributed by atoms with Crippen molar-refractivity contribution in [1.29, 1.82) is 0 Å². The molecule has 0 saturated heterocycles. The first-order valence-electron chi connectivity index (χ1n) is 7.58. The first kappa shape index (κ1) is 17.2. The predicted molar refractivity (Wildman–Crippen MR) is 81.5 cm³/mol. The number of hydrogen-bond donors (Lipinski definition) is 2. The minimum absolute atomic E-state index is 0.205. The number of aliphatic carboxylic acids is 2. The molecule has 0 fully saturated rings. The van der Waals surface area contributed by atoms with Crippen molar-refractivity contribution >= 4 is 11.9 Å². The Morgan fingerprint density at radius 2 is 1.71 bits per heavy atom. The highest BCUT2D eigenvalue weighted by Gasteiger charge is 2.18. The maximum absolute atomic E-state index is 11.3. The maximum Gasteiger partial charge on any atom is 0.310 e. The highest BCUT2D eigenvalue weighted by molar-refractivity contribution is 5.76. The van der Waals surface area contributed by atoms with Gasteiger partial charge in [0.15, 0.2) is 0 Å². The minimum atomic E-state index is -0.766. The number of hydrogen-bond acceptors (Lipinski definition) is 2. The molecule has 1 atom stereocenters. The summed E-state index contributed by atoms with van der Waals surface area (Å²) in [7, 11) is 0. The van der Waals surface area contributed by atoms with Gasteiger partial charge in [0, 0.05) is 6.42 Å². The number of unbranched alkanes of at least 4 members (excludes halogenated alkanes) is 2. The van der Waals surface area contributed by atoms with Gasteiger partial charge in [-0.05, 0) is 36.8 Å². The average Bonchev–Trinajstić information content (AvgIpc) is 2.45. The first-order valence-corrected chi connectivity index (χ1v) is 7.58. The molecule has 0 saturated carbocycles. The summed E-state index contributed by atoms with van der Waals surface area (Å²) in [5, 5.41) is 17.9. The molecular weight excluding hydrogens is 268 g/mol. The molecule has 21 heavy (non-hydrogen) atoms. The van der Waals surface area contributed by atoms with Crippen LogP contribution in [-0.2, 0) is 16.0 Å². The van der Waals surface area contributed by atoms with Gasteiger partial charge in [-0.3, -0.25) is 9.59 Å². The topological polar surface area (TPSA) is 74.6 Å². The van der Waals surface area contributed by atoms with Crippen LogP contribution in [0.5, 0.6) is 0 Å². The fourth-order valence-corrected chi connectivity index (χ4v) is 2.36. The molecule has 0 aliphatic carbocycles. The Morgan fingerprint density at radius 3 is 2.24 bits per heavy atom. The van der Waals surface area contributed by atoms with Crippen molar-refractivity contribution in [3.63, 3.8) is 0 Å². The Kier molecular flexibility index (Phi) is 7.51. The molecule has 4 nitrogen and oxygen atoms in total. The quantitative estimate of drug-likeness (QED) is 0.642. The van der Waals surface area contributed by atoms with Crippen LogP contribution in [0.25, 0.3) is 0 Å². The zero-order valence-electron chi connectivity index (χ0n) is 12.5. The summed E-state index contributed by atoms with van der Waals surface area (Å²) in [6.45, 7) is 2.05. The van der Waals surface area contributed by atoms with Crippen molar-refractivity contribution in [2.45, 2.75) is 57.8 Å². The van der Waals surface area contributed by atoms with Crippen LogP contribution < -0.4 is 0 Å². The van der Waals surface area contributed by atoms with E-state index in [1.54, 1.807) is 0 Å². The minimum Gasteiger partial charge on any atom is -0.481 e. The van der Waals surface area contributed by atoms with Gasteiger partial charge in [0.05, 0.1) is 5.92 Å². The zero-order valence-corrected chi connectivity index (χ0v) is 12.5. The second-order valence-electron chi connectivity index (χ2n) is 5.38. The van der Waals surface area contributed by atoms with Gasteiger partial charge in [-0.25, -0.2) is 0 Å². The second kappa shape index (κ2) is 9.16. The summed E-state index contributed by atoms with van der Waals surface area (Å²) in [5.41, 5.74) is 1.98. The molecule has 0 aliphatic heterocycles. The van der Waals surface area contributed by atoms with E-state index in [0.717, 1.165) is 36.8 Å². The monoisotopic (exact) mass is 292 g/mol. The van der Waals surface area contributed by atoms with Crippen LogP contribution in [0.15, 0.2) is 24.3 Å². The van der Waals surface area contributed by atoms with Crippen molar-refractivity contribution in [2.75, 3.05) is 0 Å². The molecule has 4 heteroatoms. The molecule has 0 spiro atoms. The summed E-state index contributed by atoms with van der Waals surface area (Å²) in [6.07, 6.45) is 5.12. The molecule has 1 rings (SSSR count).